The minimum absolute atomic E-state index is 0.0968. The summed E-state index contributed by atoms with van der Waals surface area (Å²) in [5.74, 6) is 0.979. The van der Waals surface area contributed by atoms with Crippen molar-refractivity contribution >= 4 is 34.4 Å². The van der Waals surface area contributed by atoms with Crippen molar-refractivity contribution in [1.29, 1.82) is 0 Å². The van der Waals surface area contributed by atoms with Gasteiger partial charge in [-0.2, -0.15) is 0 Å². The van der Waals surface area contributed by atoms with E-state index < -0.39 is 0 Å². The summed E-state index contributed by atoms with van der Waals surface area (Å²) in [7, 11) is 0. The first-order chi connectivity index (χ1) is 15.6. The Morgan fingerprint density at radius 2 is 1.84 bits per heavy atom. The van der Waals surface area contributed by atoms with Gasteiger partial charge in [0.1, 0.15) is 5.82 Å². The Labute approximate surface area is 191 Å². The molecule has 2 aromatic heterocycles. The van der Waals surface area contributed by atoms with E-state index in [-0.39, 0.29) is 23.7 Å². The maximum absolute atomic E-state index is 13.4. The number of halogens is 1. The predicted molar refractivity (Wildman–Crippen MR) is 123 cm³/mol. The van der Waals surface area contributed by atoms with Crippen molar-refractivity contribution in [1.82, 2.24) is 24.8 Å². The van der Waals surface area contributed by atoms with Gasteiger partial charge in [0.25, 0.3) is 5.91 Å². The number of imidazole rings is 1. The summed E-state index contributed by atoms with van der Waals surface area (Å²) >= 11 is 6.23. The molecule has 2 aliphatic rings. The second-order valence-electron chi connectivity index (χ2n) is 8.71. The molecule has 166 valence electrons. The number of amides is 2. The number of H-pyrrole nitrogens is 1. The molecule has 2 aliphatic heterocycles. The number of rotatable bonds is 3. The zero-order chi connectivity index (χ0) is 22.1. The third-order valence-electron chi connectivity index (χ3n) is 6.58. The molecular weight excluding hydrogens is 426 g/mol. The van der Waals surface area contributed by atoms with E-state index in [0.717, 1.165) is 49.1 Å². The number of fused-ring (bicyclic) bond motifs is 1. The molecule has 0 saturated carbocycles. The number of hydrogen-bond acceptors (Lipinski definition) is 4. The molecule has 32 heavy (non-hydrogen) atoms. The van der Waals surface area contributed by atoms with Crippen LogP contribution in [-0.4, -0.2) is 62.7 Å². The molecule has 4 heterocycles. The maximum Gasteiger partial charge on any atom is 0.255 e. The average molecular weight is 452 g/mol. The predicted octanol–water partition coefficient (Wildman–Crippen LogP) is 3.87. The van der Waals surface area contributed by atoms with E-state index in [1.165, 1.54) is 0 Å². The Morgan fingerprint density at radius 3 is 2.69 bits per heavy atom. The summed E-state index contributed by atoms with van der Waals surface area (Å²) in [6.07, 6.45) is 7.09. The van der Waals surface area contributed by atoms with Crippen LogP contribution in [0.4, 0.5) is 0 Å². The molecular formula is C24H26ClN5O2. The molecule has 2 saturated heterocycles. The van der Waals surface area contributed by atoms with E-state index in [2.05, 4.69) is 9.97 Å². The van der Waals surface area contributed by atoms with Crippen LogP contribution in [0.1, 0.15) is 47.8 Å². The Bertz CT molecular complexity index is 1110. The van der Waals surface area contributed by atoms with Crippen LogP contribution in [0.3, 0.4) is 0 Å². The van der Waals surface area contributed by atoms with Crippen molar-refractivity contribution in [3.8, 4) is 0 Å². The molecule has 8 heteroatoms. The van der Waals surface area contributed by atoms with Crippen LogP contribution in [-0.2, 0) is 4.79 Å². The van der Waals surface area contributed by atoms with Gasteiger partial charge in [0.2, 0.25) is 5.91 Å². The van der Waals surface area contributed by atoms with Crippen LogP contribution in [0.15, 0.2) is 42.7 Å². The van der Waals surface area contributed by atoms with Gasteiger partial charge in [-0.25, -0.2) is 4.98 Å². The highest BCUT2D eigenvalue weighted by Crippen LogP contribution is 2.29. The molecule has 0 spiro atoms. The van der Waals surface area contributed by atoms with Crippen molar-refractivity contribution in [2.24, 2.45) is 5.92 Å². The van der Waals surface area contributed by atoms with Gasteiger partial charge in [-0.05, 0) is 43.9 Å². The quantitative estimate of drug-likeness (QED) is 0.655. The van der Waals surface area contributed by atoms with Gasteiger partial charge in [0, 0.05) is 38.3 Å². The Kier molecular flexibility index (Phi) is 5.83. The number of piperidine rings is 2. The number of likely N-dealkylation sites (tertiary alicyclic amines) is 2. The molecule has 0 radical (unpaired) electrons. The third-order valence-corrected chi connectivity index (χ3v) is 6.91. The van der Waals surface area contributed by atoms with Crippen LogP contribution in [0.2, 0.25) is 5.02 Å². The van der Waals surface area contributed by atoms with Gasteiger partial charge in [-0.15, -0.1) is 0 Å². The number of nitrogens with one attached hydrogen (secondary N) is 1. The Hall–Kier alpha value is -2.93. The molecule has 2 atom stereocenters. The first kappa shape index (κ1) is 20.9. The summed E-state index contributed by atoms with van der Waals surface area (Å²) in [6.45, 7) is 2.51. The van der Waals surface area contributed by atoms with Crippen LogP contribution in [0.25, 0.3) is 11.0 Å². The lowest BCUT2D eigenvalue weighted by atomic mass is 9.92. The number of nitrogens with zero attached hydrogens (tertiary/aromatic N) is 4. The number of aromatic amines is 1. The topological polar surface area (TPSA) is 82.2 Å². The van der Waals surface area contributed by atoms with Crippen molar-refractivity contribution in [3.05, 3.63) is 59.1 Å². The second-order valence-corrected chi connectivity index (χ2v) is 9.12. The molecule has 1 N–H and O–H groups in total. The molecule has 0 aliphatic carbocycles. The fourth-order valence-electron chi connectivity index (χ4n) is 4.90. The smallest absolute Gasteiger partial charge is 0.255 e. The van der Waals surface area contributed by atoms with Gasteiger partial charge in [0.15, 0.2) is 0 Å². The maximum atomic E-state index is 13.4. The Morgan fingerprint density at radius 1 is 1.03 bits per heavy atom. The summed E-state index contributed by atoms with van der Waals surface area (Å²) in [6, 6.07) is 8.99. The van der Waals surface area contributed by atoms with Crippen molar-refractivity contribution in [2.45, 2.75) is 31.6 Å². The normalized spacial score (nSPS) is 21.7. The van der Waals surface area contributed by atoms with Crippen LogP contribution in [0, 0.1) is 5.92 Å². The molecule has 2 amide bonds. The summed E-state index contributed by atoms with van der Waals surface area (Å²) < 4.78 is 0. The lowest BCUT2D eigenvalue weighted by Gasteiger charge is -2.38. The fourth-order valence-corrected chi connectivity index (χ4v) is 5.11. The van der Waals surface area contributed by atoms with Crippen molar-refractivity contribution in [3.63, 3.8) is 0 Å². The highest BCUT2D eigenvalue weighted by Gasteiger charge is 2.34. The highest BCUT2D eigenvalue weighted by molar-refractivity contribution is 6.33. The van der Waals surface area contributed by atoms with Crippen LogP contribution < -0.4 is 0 Å². The van der Waals surface area contributed by atoms with E-state index in [1.54, 1.807) is 29.4 Å². The van der Waals surface area contributed by atoms with E-state index >= 15 is 0 Å². The van der Waals surface area contributed by atoms with Gasteiger partial charge < -0.3 is 14.8 Å². The van der Waals surface area contributed by atoms with Gasteiger partial charge in [-0.1, -0.05) is 23.7 Å². The van der Waals surface area contributed by atoms with Crippen LogP contribution >= 0.6 is 11.6 Å². The standard InChI is InChI=1S/C24H26ClN5O2/c25-19-8-2-1-7-18(19)24(32)30-12-4-6-17(15-30)23(31)29-11-3-5-16(14-29)22-27-20-9-10-26-13-21(20)28-22/h1-2,7-10,13,16-17H,3-6,11-12,14-15H2,(H,27,28). The van der Waals surface area contributed by atoms with E-state index in [9.17, 15) is 9.59 Å². The third kappa shape index (κ3) is 4.09. The SMILES string of the molecule is O=C(c1ccccc1Cl)N1CCCC(C(=O)N2CCCC(c3nc4ccncc4[nH]3)C2)C1. The zero-order valence-corrected chi connectivity index (χ0v) is 18.6. The van der Waals surface area contributed by atoms with Gasteiger partial charge in [-0.3, -0.25) is 14.6 Å². The summed E-state index contributed by atoms with van der Waals surface area (Å²) in [5.41, 5.74) is 2.33. The Balaban J connectivity index is 1.27. The molecule has 7 nitrogen and oxygen atoms in total. The van der Waals surface area contributed by atoms with Crippen LogP contribution in [0.5, 0.6) is 0 Å². The number of aromatic nitrogens is 3. The van der Waals surface area contributed by atoms with E-state index in [4.69, 9.17) is 16.6 Å². The minimum Gasteiger partial charge on any atom is -0.342 e. The fraction of sp³-hybridized carbons (Fsp3) is 0.417. The monoisotopic (exact) mass is 451 g/mol. The number of benzene rings is 1. The number of carbonyl (C=O) groups excluding carboxylic acids is 2. The van der Waals surface area contributed by atoms with Crippen molar-refractivity contribution in [2.75, 3.05) is 26.2 Å². The van der Waals surface area contributed by atoms with E-state index in [1.807, 2.05) is 23.1 Å². The largest absolute Gasteiger partial charge is 0.342 e. The highest BCUT2D eigenvalue weighted by atomic mass is 35.5. The lowest BCUT2D eigenvalue weighted by Crippen LogP contribution is -2.49. The molecule has 1 aromatic carbocycles. The van der Waals surface area contributed by atoms with E-state index in [0.29, 0.717) is 30.2 Å². The number of pyridine rings is 1. The molecule has 2 fully saturated rings. The van der Waals surface area contributed by atoms with Crippen molar-refractivity contribution < 1.29 is 9.59 Å². The number of hydrogen-bond donors (Lipinski definition) is 1. The zero-order valence-electron chi connectivity index (χ0n) is 17.8. The summed E-state index contributed by atoms with van der Waals surface area (Å²) in [4.78, 5) is 42.4. The summed E-state index contributed by atoms with van der Waals surface area (Å²) in [5, 5.41) is 0.450. The first-order valence-corrected chi connectivity index (χ1v) is 11.6. The first-order valence-electron chi connectivity index (χ1n) is 11.2. The van der Waals surface area contributed by atoms with Gasteiger partial charge in [0.05, 0.1) is 33.7 Å². The molecule has 5 rings (SSSR count). The number of carbonyl (C=O) groups is 2. The second kappa shape index (κ2) is 8.90. The van der Waals surface area contributed by atoms with Gasteiger partial charge >= 0.3 is 0 Å². The molecule has 0 bridgehead atoms. The molecule has 3 aromatic rings. The minimum atomic E-state index is -0.172. The molecule has 2 unspecified atom stereocenters. The lowest BCUT2D eigenvalue weighted by molar-refractivity contribution is -0.138. The average Bonchev–Trinajstić information content (AvgIpc) is 3.28.